The number of nitrogens with zero attached hydrogens (tertiary/aromatic N) is 3. The number of aliphatic carboxylic acids is 1. The number of amides is 1. The van der Waals surface area contributed by atoms with Crippen molar-refractivity contribution < 1.29 is 44.6 Å². The first-order valence-corrected chi connectivity index (χ1v) is 15.1. The second kappa shape index (κ2) is 14.4. The Balaban J connectivity index is 1.21. The molecule has 1 aromatic heterocycles. The lowest BCUT2D eigenvalue weighted by atomic mass is 9.88. The number of carboxylic acid groups (broad SMARTS) is 1. The van der Waals surface area contributed by atoms with Gasteiger partial charge >= 0.3 is 5.97 Å². The SMILES string of the molecule is CC(=O)N[C@H]1[C@H]([C@H](O)[C@H](O)CNc2c(O)c(=O)c2=O)O[C@@](OCCCn2cc(-c3ccc(-c4ccccc4)cc3)nn2)(C(=O)O)C[C@@H]1O. The predicted molar refractivity (Wildman–Crippen MR) is 168 cm³/mol. The molecule has 1 aliphatic rings. The summed E-state index contributed by atoms with van der Waals surface area (Å²) in [4.78, 5) is 47.2. The van der Waals surface area contributed by atoms with Crippen molar-refractivity contribution in [2.24, 2.45) is 0 Å². The topological polar surface area (TPSA) is 243 Å². The zero-order chi connectivity index (χ0) is 34.6. The molecule has 0 saturated carbocycles. The quantitative estimate of drug-likeness (QED) is 0.0669. The van der Waals surface area contributed by atoms with Crippen molar-refractivity contribution in [3.8, 4) is 28.1 Å². The van der Waals surface area contributed by atoms with E-state index in [-0.39, 0.29) is 19.6 Å². The number of anilines is 1. The molecule has 4 aromatic rings. The number of carbonyl (C=O) groups is 2. The lowest BCUT2D eigenvalue weighted by Crippen LogP contribution is -2.68. The number of carboxylic acids is 1. The number of aromatic nitrogens is 3. The summed E-state index contributed by atoms with van der Waals surface area (Å²) in [6.07, 6.45) is -5.70. The number of nitrogens with one attached hydrogen (secondary N) is 2. The fourth-order valence-electron chi connectivity index (χ4n) is 5.51. The van der Waals surface area contributed by atoms with E-state index >= 15 is 0 Å². The number of hydrogen-bond acceptors (Lipinski definition) is 13. The molecule has 0 unspecified atom stereocenters. The summed E-state index contributed by atoms with van der Waals surface area (Å²) < 4.78 is 12.9. The summed E-state index contributed by atoms with van der Waals surface area (Å²) in [6.45, 7) is 0.636. The van der Waals surface area contributed by atoms with Gasteiger partial charge in [0.25, 0.3) is 16.6 Å². The highest BCUT2D eigenvalue weighted by atomic mass is 16.7. The van der Waals surface area contributed by atoms with Crippen LogP contribution in [0.2, 0.25) is 0 Å². The van der Waals surface area contributed by atoms with Crippen LogP contribution in [0.1, 0.15) is 19.8 Å². The Hall–Kier alpha value is -5.00. The van der Waals surface area contributed by atoms with Gasteiger partial charge in [-0.3, -0.25) is 19.1 Å². The minimum Gasteiger partial charge on any atom is -0.502 e. The standard InChI is InChI=1S/C32H35N5O11/c1-17(38)34-24-22(39)14-32(31(45)46,48-30(24)26(41)23(40)15-33-25-27(42)29(44)28(25)43)47-13-5-12-37-16-21(35-36-37)20-10-8-19(9-11-20)18-6-3-2-4-7-18/h2-4,6-11,16,22-24,26,30,33,39-42H,5,12-15H2,1H3,(H,34,38)(H,45,46)/t22-,23+,24+,26+,30+,32+/m0/s1. The Labute approximate surface area is 272 Å². The van der Waals surface area contributed by atoms with Crippen molar-refractivity contribution in [1.82, 2.24) is 20.3 Å². The zero-order valence-electron chi connectivity index (χ0n) is 25.7. The Morgan fingerprint density at radius 2 is 1.73 bits per heavy atom. The fourth-order valence-corrected chi connectivity index (χ4v) is 5.51. The molecule has 1 fully saturated rings. The third kappa shape index (κ3) is 7.27. The normalized spacial score (nSPS) is 22.2. The Morgan fingerprint density at radius 3 is 2.38 bits per heavy atom. The monoisotopic (exact) mass is 665 g/mol. The van der Waals surface area contributed by atoms with Gasteiger partial charge in [0, 0.05) is 32.0 Å². The third-order valence-electron chi connectivity index (χ3n) is 8.07. The van der Waals surface area contributed by atoms with Crippen molar-refractivity contribution in [2.45, 2.75) is 62.6 Å². The molecule has 48 heavy (non-hydrogen) atoms. The molecule has 1 amide bonds. The van der Waals surface area contributed by atoms with Crippen LogP contribution < -0.4 is 21.5 Å². The van der Waals surface area contributed by atoms with Crippen LogP contribution in [0.15, 0.2) is 70.4 Å². The van der Waals surface area contributed by atoms with E-state index in [0.29, 0.717) is 5.69 Å². The highest BCUT2D eigenvalue weighted by Gasteiger charge is 2.55. The van der Waals surface area contributed by atoms with Crippen molar-refractivity contribution >= 4 is 17.6 Å². The number of carbonyl (C=O) groups excluding carboxylic acids is 1. The van der Waals surface area contributed by atoms with Gasteiger partial charge in [-0.05, 0) is 17.5 Å². The summed E-state index contributed by atoms with van der Waals surface area (Å²) >= 11 is 0. The minimum atomic E-state index is -2.47. The average Bonchev–Trinajstić information content (AvgIpc) is 3.56. The molecule has 1 aliphatic heterocycles. The Bertz CT molecular complexity index is 1810. The van der Waals surface area contributed by atoms with Crippen molar-refractivity contribution in [3.63, 3.8) is 0 Å². The second-order valence-electron chi connectivity index (χ2n) is 11.5. The van der Waals surface area contributed by atoms with Crippen LogP contribution in [0.4, 0.5) is 5.69 Å². The number of aryl methyl sites for hydroxylation is 1. The number of hydrogen-bond donors (Lipinski definition) is 7. The summed E-state index contributed by atoms with van der Waals surface area (Å²) in [7, 11) is 0. The van der Waals surface area contributed by atoms with Crippen LogP contribution in [0, 0.1) is 0 Å². The lowest BCUT2D eigenvalue weighted by molar-refractivity contribution is -0.310. The highest BCUT2D eigenvalue weighted by Crippen LogP contribution is 2.34. The number of rotatable bonds is 14. The van der Waals surface area contributed by atoms with E-state index in [4.69, 9.17) is 9.47 Å². The molecule has 5 rings (SSSR count). The minimum absolute atomic E-state index is 0.193. The summed E-state index contributed by atoms with van der Waals surface area (Å²) in [5, 5.41) is 65.2. The third-order valence-corrected chi connectivity index (χ3v) is 8.07. The second-order valence-corrected chi connectivity index (χ2v) is 11.5. The molecule has 16 nitrogen and oxygen atoms in total. The van der Waals surface area contributed by atoms with Crippen LogP contribution in [0.3, 0.4) is 0 Å². The number of aliphatic hydroxyl groups excluding tert-OH is 3. The fraction of sp³-hybridized carbons (Fsp3) is 0.375. The predicted octanol–water partition coefficient (Wildman–Crippen LogP) is -0.410. The first-order valence-electron chi connectivity index (χ1n) is 15.1. The van der Waals surface area contributed by atoms with Gasteiger partial charge in [0.05, 0.1) is 31.1 Å². The van der Waals surface area contributed by atoms with E-state index in [1.807, 2.05) is 54.6 Å². The Morgan fingerprint density at radius 1 is 1.06 bits per heavy atom. The number of aromatic hydroxyl groups is 1. The van der Waals surface area contributed by atoms with Crippen LogP contribution in [-0.2, 0) is 25.6 Å². The number of benzene rings is 2. The van der Waals surface area contributed by atoms with Gasteiger partial charge in [0.15, 0.2) is 5.75 Å². The lowest BCUT2D eigenvalue weighted by Gasteiger charge is -2.46. The van der Waals surface area contributed by atoms with E-state index in [0.717, 1.165) is 23.6 Å². The van der Waals surface area contributed by atoms with Crippen molar-refractivity contribution in [1.29, 1.82) is 0 Å². The molecule has 0 aliphatic carbocycles. The molecule has 3 aromatic carbocycles. The number of aliphatic hydroxyl groups is 3. The van der Waals surface area contributed by atoms with Gasteiger partial charge in [-0.15, -0.1) is 5.10 Å². The molecule has 0 radical (unpaired) electrons. The van der Waals surface area contributed by atoms with Crippen LogP contribution in [0.25, 0.3) is 22.4 Å². The average molecular weight is 666 g/mol. The van der Waals surface area contributed by atoms with Crippen molar-refractivity contribution in [2.75, 3.05) is 18.5 Å². The maximum atomic E-state index is 12.5. The molecule has 16 heteroatoms. The smallest absolute Gasteiger partial charge is 0.364 e. The number of ether oxygens (including phenoxy) is 2. The van der Waals surface area contributed by atoms with E-state index in [9.17, 15) is 44.7 Å². The van der Waals surface area contributed by atoms with Crippen LogP contribution in [0.5, 0.6) is 5.75 Å². The van der Waals surface area contributed by atoms with Gasteiger partial charge in [-0.1, -0.05) is 59.8 Å². The Kier molecular flexibility index (Phi) is 10.3. The highest BCUT2D eigenvalue weighted by molar-refractivity contribution is 5.76. The van der Waals surface area contributed by atoms with E-state index < -0.39 is 83.4 Å². The summed E-state index contributed by atoms with van der Waals surface area (Å²) in [5.41, 5.74) is 1.02. The van der Waals surface area contributed by atoms with E-state index in [1.54, 1.807) is 10.9 Å². The molecule has 0 bridgehead atoms. The maximum Gasteiger partial charge on any atom is 0.364 e. The molecule has 6 atom stereocenters. The summed E-state index contributed by atoms with van der Waals surface area (Å²) in [6, 6.07) is 16.4. The first-order chi connectivity index (χ1) is 22.9. The molecular formula is C32H35N5O11. The van der Waals surface area contributed by atoms with Gasteiger partial charge in [0.2, 0.25) is 5.91 Å². The van der Waals surface area contributed by atoms with Crippen LogP contribution >= 0.6 is 0 Å². The summed E-state index contributed by atoms with van der Waals surface area (Å²) in [5.74, 6) is -5.56. The van der Waals surface area contributed by atoms with Crippen LogP contribution in [-0.4, -0.2) is 102 Å². The molecule has 0 spiro atoms. The van der Waals surface area contributed by atoms with E-state index in [1.165, 1.54) is 0 Å². The maximum absolute atomic E-state index is 12.5. The first kappa shape index (κ1) is 34.3. The molecule has 7 N–H and O–H groups in total. The van der Waals surface area contributed by atoms with E-state index in [2.05, 4.69) is 20.9 Å². The molecule has 1 saturated heterocycles. The molecular weight excluding hydrogens is 630 g/mol. The van der Waals surface area contributed by atoms with Gasteiger partial charge in [-0.2, -0.15) is 0 Å². The van der Waals surface area contributed by atoms with Gasteiger partial charge in [0.1, 0.15) is 23.6 Å². The molecule has 2 heterocycles. The zero-order valence-corrected chi connectivity index (χ0v) is 25.7. The van der Waals surface area contributed by atoms with Crippen molar-refractivity contribution in [3.05, 3.63) is 81.2 Å². The van der Waals surface area contributed by atoms with Gasteiger partial charge < -0.3 is 45.6 Å². The van der Waals surface area contributed by atoms with Gasteiger partial charge in [-0.25, -0.2) is 4.79 Å². The largest absolute Gasteiger partial charge is 0.502 e. The molecule has 254 valence electrons.